The molecule has 4 heteroatoms. The van der Waals surface area contributed by atoms with Crippen LogP contribution in [0, 0.1) is 6.92 Å². The first kappa shape index (κ1) is 16.0. The first-order valence-corrected chi connectivity index (χ1v) is 6.63. The Kier molecular flexibility index (Phi) is 10.8. The Hall–Kier alpha value is -1.00. The molecule has 0 spiro atoms. The third-order valence-electron chi connectivity index (χ3n) is 2.00. The van der Waals surface area contributed by atoms with Crippen LogP contribution in [0.3, 0.4) is 0 Å². The SMILES string of the molecule is CCCCNC=O.CNSc1ccc(C)cc1. The highest BCUT2D eigenvalue weighted by atomic mass is 32.2. The normalized spacial score (nSPS) is 9.12. The molecule has 0 atom stereocenters. The number of aryl methyl sites for hydroxylation is 1. The molecule has 17 heavy (non-hydrogen) atoms. The van der Waals surface area contributed by atoms with Crippen molar-refractivity contribution in [3.63, 3.8) is 0 Å². The first-order chi connectivity index (χ1) is 8.24. The lowest BCUT2D eigenvalue weighted by molar-refractivity contribution is -0.109. The summed E-state index contributed by atoms with van der Waals surface area (Å²) in [6, 6.07) is 8.44. The molecule has 0 saturated carbocycles. The molecular formula is C13H22N2OS. The van der Waals surface area contributed by atoms with Crippen molar-refractivity contribution in [1.29, 1.82) is 0 Å². The predicted octanol–water partition coefficient (Wildman–Crippen LogP) is 2.75. The van der Waals surface area contributed by atoms with Crippen LogP contribution in [0.2, 0.25) is 0 Å². The van der Waals surface area contributed by atoms with E-state index >= 15 is 0 Å². The molecule has 0 aliphatic carbocycles. The molecule has 1 rings (SSSR count). The molecular weight excluding hydrogens is 232 g/mol. The van der Waals surface area contributed by atoms with Crippen LogP contribution in [-0.2, 0) is 4.79 Å². The lowest BCUT2D eigenvalue weighted by atomic mass is 10.2. The Balaban J connectivity index is 0.000000325. The van der Waals surface area contributed by atoms with E-state index in [0.29, 0.717) is 0 Å². The van der Waals surface area contributed by atoms with Crippen LogP contribution in [-0.4, -0.2) is 20.0 Å². The minimum atomic E-state index is 0.732. The van der Waals surface area contributed by atoms with Crippen molar-refractivity contribution in [2.24, 2.45) is 0 Å². The van der Waals surface area contributed by atoms with Gasteiger partial charge in [0.2, 0.25) is 6.41 Å². The highest BCUT2D eigenvalue weighted by Crippen LogP contribution is 2.13. The summed E-state index contributed by atoms with van der Waals surface area (Å²) in [6.07, 6.45) is 2.95. The van der Waals surface area contributed by atoms with E-state index in [9.17, 15) is 4.79 Å². The van der Waals surface area contributed by atoms with E-state index in [4.69, 9.17) is 0 Å². The van der Waals surface area contributed by atoms with Crippen molar-refractivity contribution in [3.05, 3.63) is 29.8 Å². The molecule has 96 valence electrons. The average molecular weight is 254 g/mol. The number of carbonyl (C=O) groups is 1. The Morgan fingerprint density at radius 1 is 1.29 bits per heavy atom. The fourth-order valence-electron chi connectivity index (χ4n) is 1.06. The van der Waals surface area contributed by atoms with E-state index < -0.39 is 0 Å². The molecule has 2 N–H and O–H groups in total. The van der Waals surface area contributed by atoms with Gasteiger partial charge in [-0.2, -0.15) is 0 Å². The van der Waals surface area contributed by atoms with Crippen molar-refractivity contribution >= 4 is 18.4 Å². The molecule has 0 unspecified atom stereocenters. The van der Waals surface area contributed by atoms with Crippen LogP contribution >= 0.6 is 11.9 Å². The molecule has 0 aromatic heterocycles. The van der Waals surface area contributed by atoms with Gasteiger partial charge >= 0.3 is 0 Å². The predicted molar refractivity (Wildman–Crippen MR) is 75.1 cm³/mol. The summed E-state index contributed by atoms with van der Waals surface area (Å²) in [6.45, 7) is 5.00. The molecule has 0 heterocycles. The number of carbonyl (C=O) groups excluding carboxylic acids is 1. The van der Waals surface area contributed by atoms with Crippen LogP contribution < -0.4 is 10.0 Å². The van der Waals surface area contributed by atoms with Gasteiger partial charge < -0.3 is 5.32 Å². The molecule has 3 nitrogen and oxygen atoms in total. The second kappa shape index (κ2) is 11.5. The maximum Gasteiger partial charge on any atom is 0.207 e. The van der Waals surface area contributed by atoms with Gasteiger partial charge in [0.05, 0.1) is 0 Å². The third-order valence-corrected chi connectivity index (χ3v) is 2.71. The van der Waals surface area contributed by atoms with Crippen molar-refractivity contribution in [2.45, 2.75) is 31.6 Å². The zero-order chi connectivity index (χ0) is 12.9. The third kappa shape index (κ3) is 9.90. The van der Waals surface area contributed by atoms with Crippen molar-refractivity contribution in [3.8, 4) is 0 Å². The average Bonchev–Trinajstić information content (AvgIpc) is 2.34. The van der Waals surface area contributed by atoms with Gasteiger partial charge in [0.25, 0.3) is 0 Å². The maximum absolute atomic E-state index is 9.57. The van der Waals surface area contributed by atoms with E-state index in [1.807, 2.05) is 7.05 Å². The second-order valence-electron chi connectivity index (χ2n) is 3.54. The zero-order valence-electron chi connectivity index (χ0n) is 10.8. The molecule has 1 aromatic carbocycles. The van der Waals surface area contributed by atoms with Crippen LogP contribution in [0.4, 0.5) is 0 Å². The molecule has 0 aliphatic heterocycles. The van der Waals surface area contributed by atoms with Crippen LogP contribution in [0.15, 0.2) is 29.2 Å². The van der Waals surface area contributed by atoms with E-state index in [1.54, 1.807) is 11.9 Å². The minimum Gasteiger partial charge on any atom is -0.359 e. The number of hydrogen-bond donors (Lipinski definition) is 2. The Morgan fingerprint density at radius 3 is 2.41 bits per heavy atom. The molecule has 0 radical (unpaired) electrons. The molecule has 0 saturated heterocycles. The summed E-state index contributed by atoms with van der Waals surface area (Å²) in [4.78, 5) is 10.8. The van der Waals surface area contributed by atoms with Gasteiger partial charge in [-0.05, 0) is 44.5 Å². The number of benzene rings is 1. The fraction of sp³-hybridized carbons (Fsp3) is 0.462. The van der Waals surface area contributed by atoms with Crippen molar-refractivity contribution in [2.75, 3.05) is 13.6 Å². The molecule has 0 bridgehead atoms. The number of unbranched alkanes of at least 4 members (excludes halogenated alkanes) is 1. The lowest BCUT2D eigenvalue weighted by Crippen LogP contribution is -2.11. The van der Waals surface area contributed by atoms with E-state index in [0.717, 1.165) is 25.8 Å². The Morgan fingerprint density at radius 2 is 1.94 bits per heavy atom. The molecule has 0 fully saturated rings. The Bertz CT molecular complexity index is 288. The largest absolute Gasteiger partial charge is 0.359 e. The monoisotopic (exact) mass is 254 g/mol. The summed E-state index contributed by atoms with van der Waals surface area (Å²) in [5.41, 5.74) is 1.31. The van der Waals surface area contributed by atoms with Gasteiger partial charge in [0.1, 0.15) is 0 Å². The van der Waals surface area contributed by atoms with Crippen LogP contribution in [0.25, 0.3) is 0 Å². The number of amides is 1. The topological polar surface area (TPSA) is 41.1 Å². The molecule has 0 aliphatic rings. The van der Waals surface area contributed by atoms with Gasteiger partial charge in [-0.1, -0.05) is 31.0 Å². The minimum absolute atomic E-state index is 0.732. The molecule has 1 aromatic rings. The zero-order valence-corrected chi connectivity index (χ0v) is 11.6. The highest BCUT2D eigenvalue weighted by Gasteiger charge is 1.88. The summed E-state index contributed by atoms with van der Waals surface area (Å²) >= 11 is 1.63. The van der Waals surface area contributed by atoms with Gasteiger partial charge in [0, 0.05) is 11.4 Å². The number of hydrogen-bond acceptors (Lipinski definition) is 3. The molecule has 1 amide bonds. The Labute approximate surface area is 109 Å². The van der Waals surface area contributed by atoms with E-state index in [-0.39, 0.29) is 0 Å². The fourth-order valence-corrected chi connectivity index (χ4v) is 1.57. The summed E-state index contributed by atoms with van der Waals surface area (Å²) in [7, 11) is 1.92. The number of rotatable bonds is 6. The van der Waals surface area contributed by atoms with Crippen molar-refractivity contribution < 1.29 is 4.79 Å². The second-order valence-corrected chi connectivity index (χ2v) is 4.63. The van der Waals surface area contributed by atoms with Crippen LogP contribution in [0.1, 0.15) is 25.3 Å². The standard InChI is InChI=1S/C8H11NS.C5H11NO/c1-7-3-5-8(6-4-7)10-9-2;1-2-3-4-6-5-7/h3-6,9H,1-2H3;5H,2-4H2,1H3,(H,6,7). The summed E-state index contributed by atoms with van der Waals surface area (Å²) in [5, 5.41) is 2.57. The van der Waals surface area contributed by atoms with Gasteiger partial charge in [0.15, 0.2) is 0 Å². The summed E-state index contributed by atoms with van der Waals surface area (Å²) in [5.74, 6) is 0. The van der Waals surface area contributed by atoms with E-state index in [2.05, 4.69) is 48.2 Å². The van der Waals surface area contributed by atoms with Gasteiger partial charge in [-0.3, -0.25) is 9.52 Å². The van der Waals surface area contributed by atoms with Gasteiger partial charge in [-0.25, -0.2) is 0 Å². The maximum atomic E-state index is 9.57. The van der Waals surface area contributed by atoms with Crippen molar-refractivity contribution in [1.82, 2.24) is 10.0 Å². The van der Waals surface area contributed by atoms with E-state index in [1.165, 1.54) is 10.5 Å². The quantitative estimate of drug-likeness (QED) is 0.466. The number of nitrogens with one attached hydrogen (secondary N) is 2. The highest BCUT2D eigenvalue weighted by molar-refractivity contribution is 7.97. The van der Waals surface area contributed by atoms with Gasteiger partial charge in [-0.15, -0.1) is 0 Å². The smallest absolute Gasteiger partial charge is 0.207 e. The first-order valence-electron chi connectivity index (χ1n) is 5.81. The lowest BCUT2D eigenvalue weighted by Gasteiger charge is -1.97. The van der Waals surface area contributed by atoms with Crippen LogP contribution in [0.5, 0.6) is 0 Å². The summed E-state index contributed by atoms with van der Waals surface area (Å²) < 4.78 is 3.02.